The van der Waals surface area contributed by atoms with Gasteiger partial charge in [-0.2, -0.15) is 0 Å². The minimum Gasteiger partial charge on any atom is -0.493 e. The Bertz CT molecular complexity index is 691. The summed E-state index contributed by atoms with van der Waals surface area (Å²) in [6, 6.07) is 10.5. The topological polar surface area (TPSA) is 47.6 Å². The molecule has 0 saturated carbocycles. The molecule has 1 N–H and O–H groups in total. The smallest absolute Gasteiger partial charge is 0.255 e. The number of methoxy groups -OCH3 is 1. The van der Waals surface area contributed by atoms with Crippen LogP contribution in [-0.4, -0.2) is 19.6 Å². The Morgan fingerprint density at radius 2 is 2.05 bits per heavy atom. The molecule has 0 spiro atoms. The maximum absolute atomic E-state index is 12.4. The van der Waals surface area contributed by atoms with Gasteiger partial charge in [0.2, 0.25) is 0 Å². The zero-order valence-electron chi connectivity index (χ0n) is 12.2. The number of nitrogens with one attached hydrogen (secondary N) is 1. The van der Waals surface area contributed by atoms with E-state index >= 15 is 0 Å². The van der Waals surface area contributed by atoms with E-state index in [0.29, 0.717) is 34.4 Å². The third-order valence-electron chi connectivity index (χ3n) is 2.90. The van der Waals surface area contributed by atoms with Gasteiger partial charge in [0.1, 0.15) is 0 Å². The second-order valence-electron chi connectivity index (χ2n) is 4.36. The Morgan fingerprint density at radius 3 is 2.68 bits per heavy atom. The lowest BCUT2D eigenvalue weighted by Gasteiger charge is -2.13. The summed E-state index contributed by atoms with van der Waals surface area (Å²) in [7, 11) is 1.55. The molecular weight excluding hydrogens is 417 g/mol. The molecule has 0 saturated heterocycles. The minimum absolute atomic E-state index is 0.257. The fourth-order valence-electron chi connectivity index (χ4n) is 1.89. The van der Waals surface area contributed by atoms with Crippen LogP contribution in [0.2, 0.25) is 5.02 Å². The average Bonchev–Trinajstić information content (AvgIpc) is 2.51. The number of carbonyl (C=O) groups excluding carboxylic acids is 1. The number of para-hydroxylation sites is 1. The number of hydrogen-bond acceptors (Lipinski definition) is 3. The Balaban J connectivity index is 2.30. The molecule has 6 heteroatoms. The predicted molar refractivity (Wildman–Crippen MR) is 96.3 cm³/mol. The first-order valence-electron chi connectivity index (χ1n) is 6.63. The van der Waals surface area contributed by atoms with E-state index in [-0.39, 0.29) is 5.91 Å². The van der Waals surface area contributed by atoms with Gasteiger partial charge in [0.05, 0.1) is 28.0 Å². The largest absolute Gasteiger partial charge is 0.493 e. The van der Waals surface area contributed by atoms with Crippen molar-refractivity contribution in [3.63, 3.8) is 0 Å². The van der Waals surface area contributed by atoms with Crippen molar-refractivity contribution in [2.45, 2.75) is 6.92 Å². The van der Waals surface area contributed by atoms with Crippen molar-refractivity contribution >= 4 is 45.8 Å². The number of anilines is 1. The number of halogens is 2. The van der Waals surface area contributed by atoms with E-state index in [4.69, 9.17) is 21.1 Å². The van der Waals surface area contributed by atoms with Crippen molar-refractivity contribution in [3.05, 3.63) is 50.6 Å². The Hall–Kier alpha value is -1.47. The van der Waals surface area contributed by atoms with E-state index in [1.165, 1.54) is 0 Å². The van der Waals surface area contributed by atoms with Crippen molar-refractivity contribution in [2.75, 3.05) is 19.0 Å². The molecule has 4 nitrogen and oxygen atoms in total. The number of carbonyl (C=O) groups is 1. The van der Waals surface area contributed by atoms with E-state index in [9.17, 15) is 4.79 Å². The monoisotopic (exact) mass is 431 g/mol. The van der Waals surface area contributed by atoms with Crippen LogP contribution < -0.4 is 14.8 Å². The number of ether oxygens (including phenoxy) is 2. The average molecular weight is 432 g/mol. The number of amides is 1. The summed E-state index contributed by atoms with van der Waals surface area (Å²) >= 11 is 8.17. The molecule has 0 aliphatic carbocycles. The molecule has 2 aromatic carbocycles. The maximum atomic E-state index is 12.4. The first-order chi connectivity index (χ1) is 10.6. The summed E-state index contributed by atoms with van der Waals surface area (Å²) < 4.78 is 11.7. The first-order valence-corrected chi connectivity index (χ1v) is 8.08. The summed E-state index contributed by atoms with van der Waals surface area (Å²) in [5.41, 5.74) is 1.04. The Labute approximate surface area is 147 Å². The van der Waals surface area contributed by atoms with E-state index in [1.807, 2.05) is 13.0 Å². The van der Waals surface area contributed by atoms with Crippen LogP contribution in [0.25, 0.3) is 0 Å². The summed E-state index contributed by atoms with van der Waals surface area (Å²) in [5.74, 6) is 0.908. The highest BCUT2D eigenvalue weighted by molar-refractivity contribution is 14.1. The lowest BCUT2D eigenvalue weighted by molar-refractivity contribution is 0.102. The van der Waals surface area contributed by atoms with Crippen LogP contribution in [0, 0.1) is 3.57 Å². The van der Waals surface area contributed by atoms with Gasteiger partial charge in [-0.25, -0.2) is 0 Å². The second kappa shape index (κ2) is 7.69. The van der Waals surface area contributed by atoms with Crippen LogP contribution >= 0.6 is 34.2 Å². The molecule has 0 fully saturated rings. The molecular formula is C16H15ClINO3. The third kappa shape index (κ3) is 3.84. The second-order valence-corrected chi connectivity index (χ2v) is 5.93. The van der Waals surface area contributed by atoms with E-state index < -0.39 is 0 Å². The lowest BCUT2D eigenvalue weighted by Crippen LogP contribution is -2.13. The zero-order valence-corrected chi connectivity index (χ0v) is 15.1. The molecule has 0 aliphatic heterocycles. The molecule has 0 aromatic heterocycles. The highest BCUT2D eigenvalue weighted by atomic mass is 127. The van der Waals surface area contributed by atoms with E-state index in [1.54, 1.807) is 37.4 Å². The van der Waals surface area contributed by atoms with Crippen LogP contribution in [0.15, 0.2) is 36.4 Å². The number of hydrogen-bond donors (Lipinski definition) is 1. The molecule has 2 aromatic rings. The molecule has 2 rings (SSSR count). The van der Waals surface area contributed by atoms with Gasteiger partial charge in [0, 0.05) is 5.56 Å². The van der Waals surface area contributed by atoms with Crippen molar-refractivity contribution < 1.29 is 14.3 Å². The number of benzene rings is 2. The summed E-state index contributed by atoms with van der Waals surface area (Å²) in [6.07, 6.45) is 0. The zero-order chi connectivity index (χ0) is 16.1. The normalized spacial score (nSPS) is 10.2. The van der Waals surface area contributed by atoms with Gasteiger partial charge >= 0.3 is 0 Å². The molecule has 1 amide bonds. The van der Waals surface area contributed by atoms with Crippen molar-refractivity contribution in [1.82, 2.24) is 0 Å². The Kier molecular flexibility index (Phi) is 5.90. The summed E-state index contributed by atoms with van der Waals surface area (Å²) in [5, 5.41) is 3.28. The van der Waals surface area contributed by atoms with Gasteiger partial charge in [-0.15, -0.1) is 0 Å². The summed E-state index contributed by atoms with van der Waals surface area (Å²) in [4.78, 5) is 12.4. The van der Waals surface area contributed by atoms with Crippen LogP contribution in [0.4, 0.5) is 5.69 Å². The Morgan fingerprint density at radius 1 is 1.32 bits per heavy atom. The summed E-state index contributed by atoms with van der Waals surface area (Å²) in [6.45, 7) is 2.42. The molecule has 0 bridgehead atoms. The quantitative estimate of drug-likeness (QED) is 0.704. The van der Waals surface area contributed by atoms with Crippen LogP contribution in [0.3, 0.4) is 0 Å². The van der Waals surface area contributed by atoms with E-state index in [2.05, 4.69) is 27.9 Å². The van der Waals surface area contributed by atoms with Crippen molar-refractivity contribution in [3.8, 4) is 11.5 Å². The lowest BCUT2D eigenvalue weighted by atomic mass is 10.2. The first kappa shape index (κ1) is 16.9. The predicted octanol–water partition coefficient (Wildman–Crippen LogP) is 4.60. The highest BCUT2D eigenvalue weighted by Crippen LogP contribution is 2.34. The van der Waals surface area contributed by atoms with Gasteiger partial charge in [0.25, 0.3) is 5.91 Å². The van der Waals surface area contributed by atoms with Gasteiger partial charge in [-0.1, -0.05) is 23.7 Å². The van der Waals surface area contributed by atoms with Gasteiger partial charge in [-0.3, -0.25) is 4.79 Å². The molecule has 116 valence electrons. The molecule has 0 atom stereocenters. The minimum atomic E-state index is -0.257. The highest BCUT2D eigenvalue weighted by Gasteiger charge is 2.16. The maximum Gasteiger partial charge on any atom is 0.255 e. The molecule has 0 aliphatic rings. The van der Waals surface area contributed by atoms with E-state index in [0.717, 1.165) is 3.57 Å². The number of rotatable bonds is 5. The molecule has 0 heterocycles. The van der Waals surface area contributed by atoms with Crippen LogP contribution in [0.5, 0.6) is 11.5 Å². The van der Waals surface area contributed by atoms with Crippen molar-refractivity contribution in [2.24, 2.45) is 0 Å². The fourth-order valence-corrected chi connectivity index (χ4v) is 2.83. The molecule has 0 unspecified atom stereocenters. The van der Waals surface area contributed by atoms with Crippen LogP contribution in [-0.2, 0) is 0 Å². The fraction of sp³-hybridized carbons (Fsp3) is 0.188. The molecule has 0 radical (unpaired) electrons. The SMILES string of the molecule is CCOc1c(I)cc(C(=O)Nc2ccccc2Cl)cc1OC. The van der Waals surface area contributed by atoms with Gasteiger partial charge < -0.3 is 14.8 Å². The third-order valence-corrected chi connectivity index (χ3v) is 4.03. The standard InChI is InChI=1S/C16H15ClINO3/c1-3-22-15-12(18)8-10(9-14(15)21-2)16(20)19-13-7-5-4-6-11(13)17/h4-9H,3H2,1-2H3,(H,19,20). The van der Waals surface area contributed by atoms with Crippen molar-refractivity contribution in [1.29, 1.82) is 0 Å². The molecule has 22 heavy (non-hydrogen) atoms. The van der Waals surface area contributed by atoms with Gasteiger partial charge in [0.15, 0.2) is 11.5 Å². The van der Waals surface area contributed by atoms with Gasteiger partial charge in [-0.05, 0) is 53.8 Å². The van der Waals surface area contributed by atoms with Crippen LogP contribution in [0.1, 0.15) is 17.3 Å².